The predicted molar refractivity (Wildman–Crippen MR) is 66.7 cm³/mol. The van der Waals surface area contributed by atoms with Crippen LogP contribution >= 0.6 is 0 Å². The largest absolute Gasteiger partial charge is 0.388 e. The van der Waals surface area contributed by atoms with E-state index in [4.69, 9.17) is 0 Å². The van der Waals surface area contributed by atoms with Gasteiger partial charge in [0.1, 0.15) is 0 Å². The molecular formula is C14H21NO. The minimum absolute atomic E-state index is 0.517. The maximum absolute atomic E-state index is 10.4. The second kappa shape index (κ2) is 4.19. The van der Waals surface area contributed by atoms with Crippen molar-refractivity contribution in [3.63, 3.8) is 0 Å². The van der Waals surface area contributed by atoms with Gasteiger partial charge in [-0.05, 0) is 44.0 Å². The molecule has 1 aromatic rings. The quantitative estimate of drug-likeness (QED) is 0.821. The van der Waals surface area contributed by atoms with Gasteiger partial charge in [-0.1, -0.05) is 18.2 Å². The van der Waals surface area contributed by atoms with Crippen LogP contribution in [0, 0.1) is 13.8 Å². The summed E-state index contributed by atoms with van der Waals surface area (Å²) in [7, 11) is 2.07. The average Bonchev–Trinajstić information content (AvgIpc) is 2.52. The number of rotatable bonds is 2. The first-order valence-electron chi connectivity index (χ1n) is 5.96. The van der Waals surface area contributed by atoms with Gasteiger partial charge in [0.15, 0.2) is 0 Å². The number of aliphatic hydroxyl groups is 1. The molecule has 1 aliphatic rings. The maximum Gasteiger partial charge on any atom is 0.0826 e. The summed E-state index contributed by atoms with van der Waals surface area (Å²) in [5.74, 6) is 0. The van der Waals surface area contributed by atoms with Gasteiger partial charge in [0, 0.05) is 19.5 Å². The van der Waals surface area contributed by atoms with Gasteiger partial charge in [-0.3, -0.25) is 0 Å². The number of β-amino-alcohol motifs (C(OH)–C–C–N with tert-alkyl or cyclic N) is 1. The van der Waals surface area contributed by atoms with Gasteiger partial charge in [-0.15, -0.1) is 0 Å². The zero-order valence-corrected chi connectivity index (χ0v) is 10.5. The van der Waals surface area contributed by atoms with Crippen LogP contribution in [0.25, 0.3) is 0 Å². The fourth-order valence-electron chi connectivity index (χ4n) is 2.50. The lowest BCUT2D eigenvalue weighted by molar-refractivity contribution is 0.0523. The van der Waals surface area contributed by atoms with Gasteiger partial charge < -0.3 is 10.0 Å². The van der Waals surface area contributed by atoms with E-state index < -0.39 is 5.60 Å². The molecule has 2 rings (SSSR count). The Morgan fingerprint density at radius 1 is 1.31 bits per heavy atom. The van der Waals surface area contributed by atoms with Crippen LogP contribution in [0.15, 0.2) is 18.2 Å². The maximum atomic E-state index is 10.4. The Balaban J connectivity index is 2.12. The van der Waals surface area contributed by atoms with E-state index in [2.05, 4.69) is 44.0 Å². The molecule has 1 fully saturated rings. The van der Waals surface area contributed by atoms with Gasteiger partial charge >= 0.3 is 0 Å². The molecule has 2 nitrogen and oxygen atoms in total. The number of aryl methyl sites for hydroxylation is 2. The highest BCUT2D eigenvalue weighted by Crippen LogP contribution is 2.25. The summed E-state index contributed by atoms with van der Waals surface area (Å²) in [5.41, 5.74) is 3.36. The van der Waals surface area contributed by atoms with Crippen molar-refractivity contribution in [3.05, 3.63) is 34.9 Å². The number of benzene rings is 1. The van der Waals surface area contributed by atoms with Crippen molar-refractivity contribution < 1.29 is 5.11 Å². The fourth-order valence-corrected chi connectivity index (χ4v) is 2.50. The lowest BCUT2D eigenvalue weighted by atomic mass is 9.92. The first-order chi connectivity index (χ1) is 7.48. The molecule has 16 heavy (non-hydrogen) atoms. The summed E-state index contributed by atoms with van der Waals surface area (Å²) in [6.07, 6.45) is 1.66. The Labute approximate surface area is 97.9 Å². The van der Waals surface area contributed by atoms with Gasteiger partial charge in [0.05, 0.1) is 5.60 Å². The van der Waals surface area contributed by atoms with E-state index in [0.717, 1.165) is 25.9 Å². The molecule has 1 unspecified atom stereocenters. The Hall–Kier alpha value is -0.860. The first-order valence-corrected chi connectivity index (χ1v) is 5.96. The molecule has 2 heteroatoms. The third-order valence-electron chi connectivity index (χ3n) is 3.63. The summed E-state index contributed by atoms with van der Waals surface area (Å²) in [4.78, 5) is 2.20. The van der Waals surface area contributed by atoms with Crippen molar-refractivity contribution >= 4 is 0 Å². The molecule has 0 saturated carbocycles. The molecule has 1 heterocycles. The molecule has 1 atom stereocenters. The van der Waals surface area contributed by atoms with E-state index in [1.807, 2.05) is 0 Å². The summed E-state index contributed by atoms with van der Waals surface area (Å²) < 4.78 is 0. The summed E-state index contributed by atoms with van der Waals surface area (Å²) in [6, 6.07) is 6.48. The van der Waals surface area contributed by atoms with Crippen LogP contribution in [0.2, 0.25) is 0 Å². The van der Waals surface area contributed by atoms with Crippen LogP contribution in [0.5, 0.6) is 0 Å². The molecule has 0 radical (unpaired) electrons. The standard InChI is InChI=1S/C14H21NO/c1-11-4-5-13(8-12(11)2)9-14(16)6-7-15(3)10-14/h4-5,8,16H,6-7,9-10H2,1-3H3. The molecule has 1 N–H and O–H groups in total. The first kappa shape index (κ1) is 11.6. The van der Waals surface area contributed by atoms with Crippen molar-refractivity contribution in [3.8, 4) is 0 Å². The summed E-state index contributed by atoms with van der Waals surface area (Å²) in [6.45, 7) is 6.04. The minimum atomic E-state index is -0.517. The van der Waals surface area contributed by atoms with E-state index in [1.165, 1.54) is 16.7 Å². The van der Waals surface area contributed by atoms with Crippen LogP contribution in [0.3, 0.4) is 0 Å². The highest BCUT2D eigenvalue weighted by atomic mass is 16.3. The third-order valence-corrected chi connectivity index (χ3v) is 3.63. The number of likely N-dealkylation sites (tertiary alicyclic amines) is 1. The second-order valence-electron chi connectivity index (χ2n) is 5.31. The van der Waals surface area contributed by atoms with Crippen molar-refractivity contribution in [1.29, 1.82) is 0 Å². The Kier molecular flexibility index (Phi) is 3.04. The Bertz CT molecular complexity index is 388. The fraction of sp³-hybridized carbons (Fsp3) is 0.571. The SMILES string of the molecule is Cc1ccc(CC2(O)CCN(C)C2)cc1C. The van der Waals surface area contributed by atoms with E-state index >= 15 is 0 Å². The van der Waals surface area contributed by atoms with E-state index in [1.54, 1.807) is 0 Å². The summed E-state index contributed by atoms with van der Waals surface area (Å²) in [5, 5.41) is 10.4. The van der Waals surface area contributed by atoms with Gasteiger partial charge in [0.2, 0.25) is 0 Å². The topological polar surface area (TPSA) is 23.5 Å². The van der Waals surface area contributed by atoms with Gasteiger partial charge in [-0.2, -0.15) is 0 Å². The zero-order chi connectivity index (χ0) is 11.8. The van der Waals surface area contributed by atoms with E-state index in [0.29, 0.717) is 0 Å². The van der Waals surface area contributed by atoms with E-state index in [-0.39, 0.29) is 0 Å². The Morgan fingerprint density at radius 2 is 2.06 bits per heavy atom. The molecule has 88 valence electrons. The highest BCUT2D eigenvalue weighted by Gasteiger charge is 2.34. The van der Waals surface area contributed by atoms with Crippen LogP contribution in [0.4, 0.5) is 0 Å². The molecule has 0 spiro atoms. The lowest BCUT2D eigenvalue weighted by Gasteiger charge is -2.22. The van der Waals surface area contributed by atoms with E-state index in [9.17, 15) is 5.11 Å². The molecule has 1 aliphatic heterocycles. The van der Waals surface area contributed by atoms with Gasteiger partial charge in [-0.25, -0.2) is 0 Å². The van der Waals surface area contributed by atoms with Crippen molar-refractivity contribution in [2.45, 2.75) is 32.3 Å². The number of hydrogen-bond acceptors (Lipinski definition) is 2. The number of nitrogens with zero attached hydrogens (tertiary/aromatic N) is 1. The second-order valence-corrected chi connectivity index (χ2v) is 5.31. The third kappa shape index (κ3) is 2.45. The average molecular weight is 219 g/mol. The highest BCUT2D eigenvalue weighted by molar-refractivity contribution is 5.31. The minimum Gasteiger partial charge on any atom is -0.388 e. The molecule has 0 aromatic heterocycles. The molecular weight excluding hydrogens is 198 g/mol. The van der Waals surface area contributed by atoms with Crippen LogP contribution in [0.1, 0.15) is 23.1 Å². The van der Waals surface area contributed by atoms with Crippen molar-refractivity contribution in [2.24, 2.45) is 0 Å². The molecule has 0 amide bonds. The lowest BCUT2D eigenvalue weighted by Crippen LogP contribution is -2.34. The number of hydrogen-bond donors (Lipinski definition) is 1. The van der Waals surface area contributed by atoms with Crippen LogP contribution in [-0.4, -0.2) is 35.7 Å². The molecule has 0 bridgehead atoms. The van der Waals surface area contributed by atoms with Gasteiger partial charge in [0.25, 0.3) is 0 Å². The molecule has 1 saturated heterocycles. The smallest absolute Gasteiger partial charge is 0.0826 e. The monoisotopic (exact) mass is 219 g/mol. The van der Waals surface area contributed by atoms with Crippen molar-refractivity contribution in [2.75, 3.05) is 20.1 Å². The number of likely N-dealkylation sites (N-methyl/N-ethyl adjacent to an activating group) is 1. The van der Waals surface area contributed by atoms with Crippen LogP contribution < -0.4 is 0 Å². The Morgan fingerprint density at radius 3 is 2.62 bits per heavy atom. The molecule has 1 aromatic carbocycles. The summed E-state index contributed by atoms with van der Waals surface area (Å²) >= 11 is 0. The zero-order valence-electron chi connectivity index (χ0n) is 10.5. The predicted octanol–water partition coefficient (Wildman–Crippen LogP) is 1.91. The molecule has 0 aliphatic carbocycles. The van der Waals surface area contributed by atoms with Crippen LogP contribution in [-0.2, 0) is 6.42 Å². The van der Waals surface area contributed by atoms with Crippen molar-refractivity contribution in [1.82, 2.24) is 4.90 Å². The normalized spacial score (nSPS) is 26.2.